The molecule has 0 spiro atoms. The minimum Gasteiger partial charge on any atom is -0.481 e. The van der Waals surface area contributed by atoms with Crippen molar-refractivity contribution in [2.75, 3.05) is 13.1 Å². The molecule has 1 aromatic carbocycles. The summed E-state index contributed by atoms with van der Waals surface area (Å²) in [7, 11) is 0. The van der Waals surface area contributed by atoms with E-state index in [0.717, 1.165) is 17.7 Å². The number of likely N-dealkylation sites (tertiary alicyclic amines) is 1. The van der Waals surface area contributed by atoms with Gasteiger partial charge in [-0.3, -0.25) is 14.4 Å². The summed E-state index contributed by atoms with van der Waals surface area (Å²) in [6.45, 7) is 4.92. The molecule has 1 aliphatic rings. The van der Waals surface area contributed by atoms with Crippen LogP contribution in [0.15, 0.2) is 30.9 Å². The lowest BCUT2D eigenvalue weighted by Crippen LogP contribution is -2.53. The molecule has 10 nitrogen and oxygen atoms in total. The van der Waals surface area contributed by atoms with E-state index in [1.807, 2.05) is 19.9 Å². The number of rotatable bonds is 11. The second-order valence-corrected chi connectivity index (χ2v) is 9.24. The average Bonchev–Trinajstić information content (AvgIpc) is 3.48. The van der Waals surface area contributed by atoms with Crippen molar-refractivity contribution in [3.63, 3.8) is 0 Å². The number of halogens is 1. The number of benzene rings is 1. The molecular formula is C23H31ClN6O4. The van der Waals surface area contributed by atoms with Gasteiger partial charge < -0.3 is 20.6 Å². The maximum atomic E-state index is 13.3. The van der Waals surface area contributed by atoms with Crippen molar-refractivity contribution >= 4 is 29.4 Å². The van der Waals surface area contributed by atoms with Crippen LogP contribution in [-0.4, -0.2) is 67.7 Å². The van der Waals surface area contributed by atoms with Gasteiger partial charge in [0.25, 0.3) is 0 Å². The van der Waals surface area contributed by atoms with E-state index in [-0.39, 0.29) is 37.2 Å². The summed E-state index contributed by atoms with van der Waals surface area (Å²) >= 11 is 6.17. The van der Waals surface area contributed by atoms with Crippen molar-refractivity contribution in [2.24, 2.45) is 5.92 Å². The summed E-state index contributed by atoms with van der Waals surface area (Å²) < 4.78 is 1.60. The molecule has 2 aromatic rings. The number of nitrogens with one attached hydrogen (secondary N) is 2. The van der Waals surface area contributed by atoms with E-state index in [1.165, 1.54) is 6.33 Å². The number of nitrogens with zero attached hydrogens (tertiary/aromatic N) is 4. The number of hydrogen-bond acceptors (Lipinski definition) is 6. The molecule has 11 heteroatoms. The highest BCUT2D eigenvalue weighted by Crippen LogP contribution is 2.22. The first kappa shape index (κ1) is 25.6. The van der Waals surface area contributed by atoms with E-state index >= 15 is 0 Å². The molecule has 0 aliphatic carbocycles. The summed E-state index contributed by atoms with van der Waals surface area (Å²) in [5.74, 6) is -1.08. The van der Waals surface area contributed by atoms with Crippen LogP contribution in [0.5, 0.6) is 0 Å². The van der Waals surface area contributed by atoms with E-state index in [9.17, 15) is 14.4 Å². The van der Waals surface area contributed by atoms with Crippen molar-refractivity contribution in [3.05, 3.63) is 41.4 Å². The summed E-state index contributed by atoms with van der Waals surface area (Å²) in [5.41, 5.74) is 1.52. The van der Waals surface area contributed by atoms with Gasteiger partial charge in [-0.05, 0) is 48.9 Å². The molecule has 1 saturated heterocycles. The summed E-state index contributed by atoms with van der Waals surface area (Å²) in [6.07, 6.45) is 4.79. The first-order chi connectivity index (χ1) is 16.3. The van der Waals surface area contributed by atoms with Crippen LogP contribution in [0.4, 0.5) is 0 Å². The highest BCUT2D eigenvalue weighted by atomic mass is 35.5. The van der Waals surface area contributed by atoms with Crippen LogP contribution in [0.2, 0.25) is 5.02 Å². The molecule has 0 unspecified atom stereocenters. The molecule has 1 aromatic heterocycles. The predicted octanol–water partition coefficient (Wildman–Crippen LogP) is 2.01. The molecule has 1 fully saturated rings. The molecule has 0 saturated carbocycles. The van der Waals surface area contributed by atoms with Crippen molar-refractivity contribution in [2.45, 2.75) is 58.2 Å². The number of carboxylic acids is 1. The van der Waals surface area contributed by atoms with Gasteiger partial charge in [-0.15, -0.1) is 0 Å². The van der Waals surface area contributed by atoms with Gasteiger partial charge >= 0.3 is 5.97 Å². The lowest BCUT2D eigenvalue weighted by Gasteiger charge is -2.29. The first-order valence-electron chi connectivity index (χ1n) is 11.4. The fourth-order valence-corrected chi connectivity index (χ4v) is 4.35. The number of carbonyl (C=O) groups excluding carboxylic acids is 2. The summed E-state index contributed by atoms with van der Waals surface area (Å²) in [4.78, 5) is 42.9. The molecule has 3 N–H and O–H groups in total. The van der Waals surface area contributed by atoms with Crippen LogP contribution >= 0.6 is 11.6 Å². The number of aromatic nitrogens is 3. The van der Waals surface area contributed by atoms with Crippen LogP contribution < -0.4 is 10.6 Å². The maximum Gasteiger partial charge on any atom is 0.304 e. The van der Waals surface area contributed by atoms with E-state index in [2.05, 4.69) is 20.7 Å². The van der Waals surface area contributed by atoms with E-state index in [1.54, 1.807) is 28.0 Å². The third kappa shape index (κ3) is 6.77. The smallest absolute Gasteiger partial charge is 0.304 e. The topological polar surface area (TPSA) is 129 Å². The summed E-state index contributed by atoms with van der Waals surface area (Å²) in [5, 5.41) is 19.6. The third-order valence-electron chi connectivity index (χ3n) is 5.73. The Balaban J connectivity index is 1.67. The summed E-state index contributed by atoms with van der Waals surface area (Å²) in [6, 6.07) is 4.22. The molecule has 2 heterocycles. The predicted molar refractivity (Wildman–Crippen MR) is 126 cm³/mol. The highest BCUT2D eigenvalue weighted by molar-refractivity contribution is 6.30. The molecule has 2 atom stereocenters. The fraction of sp³-hybridized carbons (Fsp3) is 0.522. The van der Waals surface area contributed by atoms with Crippen LogP contribution in [0.1, 0.15) is 45.1 Å². The van der Waals surface area contributed by atoms with Crippen LogP contribution in [0, 0.1) is 5.92 Å². The third-order valence-corrected chi connectivity index (χ3v) is 5.97. The van der Waals surface area contributed by atoms with E-state index in [4.69, 9.17) is 16.7 Å². The number of hydrogen-bond donors (Lipinski definition) is 3. The number of aliphatic carboxylic acids is 1. The number of amides is 2. The Kier molecular flexibility index (Phi) is 9.00. The largest absolute Gasteiger partial charge is 0.481 e. The van der Waals surface area contributed by atoms with Gasteiger partial charge in [-0.25, -0.2) is 9.67 Å². The molecule has 0 bridgehead atoms. The minimum absolute atomic E-state index is 0.0699. The standard InChI is InChI=1S/C23H31ClN6O4/c1-15(2)10-18(26-8-7-21(31)32)23(34)29-9-3-4-20(29)22(33)27-12-16-11-17(24)5-6-19(16)30-14-25-13-28-30/h5-6,11,13-15,18,20,26H,3-4,7-10,12H2,1-2H3,(H,27,33)(H,31,32)/t18-,20+/m1/s1. The van der Waals surface area contributed by atoms with Gasteiger partial charge in [0.1, 0.15) is 18.7 Å². The van der Waals surface area contributed by atoms with Gasteiger partial charge in [-0.1, -0.05) is 25.4 Å². The maximum absolute atomic E-state index is 13.3. The van der Waals surface area contributed by atoms with Crippen LogP contribution in [-0.2, 0) is 20.9 Å². The van der Waals surface area contributed by atoms with Crippen LogP contribution in [0.3, 0.4) is 0 Å². The molecule has 3 rings (SSSR count). The Morgan fingerprint density at radius 3 is 2.76 bits per heavy atom. The second-order valence-electron chi connectivity index (χ2n) is 8.80. The van der Waals surface area contributed by atoms with Crippen molar-refractivity contribution in [1.29, 1.82) is 0 Å². The lowest BCUT2D eigenvalue weighted by molar-refractivity contribution is -0.141. The Morgan fingerprint density at radius 2 is 2.09 bits per heavy atom. The van der Waals surface area contributed by atoms with Crippen molar-refractivity contribution in [3.8, 4) is 5.69 Å². The quantitative estimate of drug-likeness (QED) is 0.439. The van der Waals surface area contributed by atoms with Gasteiger partial charge in [0.15, 0.2) is 0 Å². The van der Waals surface area contributed by atoms with Gasteiger partial charge in [0, 0.05) is 24.7 Å². The zero-order valence-corrected chi connectivity index (χ0v) is 20.2. The Labute approximate surface area is 203 Å². The molecule has 0 radical (unpaired) electrons. The number of carboxylic acid groups (broad SMARTS) is 1. The van der Waals surface area contributed by atoms with Gasteiger partial charge in [0.05, 0.1) is 18.2 Å². The Hall–Kier alpha value is -2.98. The SMILES string of the molecule is CC(C)C[C@@H](NCCC(=O)O)C(=O)N1CCC[C@H]1C(=O)NCc1cc(Cl)ccc1-n1cncn1. The first-order valence-corrected chi connectivity index (χ1v) is 11.8. The average molecular weight is 491 g/mol. The second kappa shape index (κ2) is 11.9. The molecule has 1 aliphatic heterocycles. The number of carbonyl (C=O) groups is 3. The zero-order valence-electron chi connectivity index (χ0n) is 19.4. The highest BCUT2D eigenvalue weighted by Gasteiger charge is 2.37. The zero-order chi connectivity index (χ0) is 24.7. The molecular weight excluding hydrogens is 460 g/mol. The molecule has 2 amide bonds. The normalized spacial score (nSPS) is 16.6. The molecule has 34 heavy (non-hydrogen) atoms. The van der Waals surface area contributed by atoms with Crippen molar-refractivity contribution < 1.29 is 19.5 Å². The van der Waals surface area contributed by atoms with Crippen molar-refractivity contribution in [1.82, 2.24) is 30.3 Å². The monoisotopic (exact) mass is 490 g/mol. The Morgan fingerprint density at radius 1 is 1.29 bits per heavy atom. The Bertz CT molecular complexity index is 997. The van der Waals surface area contributed by atoms with Crippen LogP contribution in [0.25, 0.3) is 5.69 Å². The van der Waals surface area contributed by atoms with E-state index < -0.39 is 18.1 Å². The van der Waals surface area contributed by atoms with Gasteiger partial charge in [-0.2, -0.15) is 5.10 Å². The fourth-order valence-electron chi connectivity index (χ4n) is 4.15. The molecule has 184 valence electrons. The minimum atomic E-state index is -0.923. The van der Waals surface area contributed by atoms with E-state index in [0.29, 0.717) is 24.4 Å². The lowest BCUT2D eigenvalue weighted by atomic mass is 10.0. The van der Waals surface area contributed by atoms with Gasteiger partial charge in [0.2, 0.25) is 11.8 Å².